The van der Waals surface area contributed by atoms with Crippen LogP contribution in [0.2, 0.25) is 0 Å². The average Bonchev–Trinajstić information content (AvgIpc) is 2.95. The lowest BCUT2D eigenvalue weighted by molar-refractivity contribution is -0.132. The van der Waals surface area contributed by atoms with Gasteiger partial charge in [0.05, 0.1) is 4.90 Å². The Morgan fingerprint density at radius 1 is 0.952 bits per heavy atom. The highest BCUT2D eigenvalue weighted by Gasteiger charge is 2.21. The zero-order chi connectivity index (χ0) is 30.7. The second-order valence-corrected chi connectivity index (χ2v) is 12.3. The number of rotatable bonds is 14. The summed E-state index contributed by atoms with van der Waals surface area (Å²) < 4.78 is 41.2. The van der Waals surface area contributed by atoms with Crippen LogP contribution in [0, 0.1) is 5.82 Å². The van der Waals surface area contributed by atoms with Crippen LogP contribution >= 0.6 is 12.6 Å². The van der Waals surface area contributed by atoms with E-state index in [4.69, 9.17) is 0 Å². The van der Waals surface area contributed by atoms with Crippen LogP contribution in [-0.2, 0) is 37.4 Å². The Bertz CT molecular complexity index is 1500. The van der Waals surface area contributed by atoms with Crippen molar-refractivity contribution in [3.63, 3.8) is 0 Å². The highest BCUT2D eigenvalue weighted by molar-refractivity contribution is 7.90. The van der Waals surface area contributed by atoms with Crippen molar-refractivity contribution in [3.05, 3.63) is 89.7 Å². The third kappa shape index (κ3) is 9.70. The molecule has 0 radical (unpaired) electrons. The van der Waals surface area contributed by atoms with Gasteiger partial charge in [0, 0.05) is 50.2 Å². The third-order valence-electron chi connectivity index (χ3n) is 6.47. The second-order valence-electron chi connectivity index (χ2n) is 9.92. The van der Waals surface area contributed by atoms with E-state index in [9.17, 15) is 27.2 Å². The van der Waals surface area contributed by atoms with Crippen molar-refractivity contribution in [2.75, 3.05) is 13.1 Å². The number of amides is 3. The summed E-state index contributed by atoms with van der Waals surface area (Å²) in [7, 11) is -4.04. The standard InChI is InChI=1S/C31H36FN3O5S2/c1-3-8-31(38)35(18-17-30(37)33-20-26(41)19-25-9-4-6-11-28(25)32)21-23-13-15-24(16-14-23)27-10-5-7-12-29(27)42(39,40)34-22(2)36/h4-7,9-16,26,41H,3,8,17-21H2,1-2H3,(H,33,37)(H,34,36)/t26-/m1/s1. The third-order valence-corrected chi connectivity index (χ3v) is 8.32. The van der Waals surface area contributed by atoms with Crippen LogP contribution in [0.25, 0.3) is 11.1 Å². The minimum Gasteiger partial charge on any atom is -0.355 e. The van der Waals surface area contributed by atoms with Crippen LogP contribution in [0.5, 0.6) is 0 Å². The van der Waals surface area contributed by atoms with Gasteiger partial charge in [-0.25, -0.2) is 17.5 Å². The Morgan fingerprint density at radius 2 is 1.62 bits per heavy atom. The molecule has 0 aliphatic rings. The molecule has 0 bridgehead atoms. The van der Waals surface area contributed by atoms with Crippen molar-refractivity contribution in [2.45, 2.75) is 56.2 Å². The van der Waals surface area contributed by atoms with Crippen LogP contribution in [-0.4, -0.2) is 49.4 Å². The summed E-state index contributed by atoms with van der Waals surface area (Å²) in [5.74, 6) is -1.30. The first-order chi connectivity index (χ1) is 20.0. The number of nitrogens with zero attached hydrogens (tertiary/aromatic N) is 1. The van der Waals surface area contributed by atoms with Crippen LogP contribution in [0.1, 0.15) is 44.2 Å². The summed E-state index contributed by atoms with van der Waals surface area (Å²) >= 11 is 4.47. The Morgan fingerprint density at radius 3 is 2.29 bits per heavy atom. The fraction of sp³-hybridized carbons (Fsp3) is 0.323. The maximum Gasteiger partial charge on any atom is 0.264 e. The maximum absolute atomic E-state index is 13.9. The van der Waals surface area contributed by atoms with E-state index < -0.39 is 15.9 Å². The van der Waals surface area contributed by atoms with E-state index in [-0.39, 0.29) is 53.8 Å². The van der Waals surface area contributed by atoms with Crippen molar-refractivity contribution >= 4 is 40.4 Å². The molecule has 11 heteroatoms. The fourth-order valence-electron chi connectivity index (χ4n) is 4.40. The van der Waals surface area contributed by atoms with Crippen molar-refractivity contribution in [2.24, 2.45) is 0 Å². The van der Waals surface area contributed by atoms with Crippen molar-refractivity contribution < 1.29 is 27.2 Å². The number of sulfonamides is 1. The van der Waals surface area contributed by atoms with E-state index in [0.29, 0.717) is 36.0 Å². The molecule has 42 heavy (non-hydrogen) atoms. The zero-order valence-corrected chi connectivity index (χ0v) is 25.4. The molecular formula is C31H36FN3O5S2. The first-order valence-corrected chi connectivity index (χ1v) is 15.7. The van der Waals surface area contributed by atoms with Gasteiger partial charge in [0.25, 0.3) is 10.0 Å². The van der Waals surface area contributed by atoms with Gasteiger partial charge >= 0.3 is 0 Å². The van der Waals surface area contributed by atoms with Crippen LogP contribution in [0.3, 0.4) is 0 Å². The monoisotopic (exact) mass is 613 g/mol. The number of hydrogen-bond acceptors (Lipinski definition) is 6. The van der Waals surface area contributed by atoms with Gasteiger partial charge in [-0.05, 0) is 41.7 Å². The first-order valence-electron chi connectivity index (χ1n) is 13.7. The van der Waals surface area contributed by atoms with E-state index in [1.165, 1.54) is 12.1 Å². The van der Waals surface area contributed by atoms with Gasteiger partial charge in [0.1, 0.15) is 5.82 Å². The molecule has 3 aromatic rings. The smallest absolute Gasteiger partial charge is 0.264 e. The minimum atomic E-state index is -4.04. The number of benzene rings is 3. The lowest BCUT2D eigenvalue weighted by Gasteiger charge is -2.23. The topological polar surface area (TPSA) is 113 Å². The molecule has 0 fully saturated rings. The molecule has 0 aromatic heterocycles. The molecule has 3 amide bonds. The molecular weight excluding hydrogens is 577 g/mol. The molecule has 0 saturated carbocycles. The number of carbonyl (C=O) groups excluding carboxylic acids is 3. The number of carbonyl (C=O) groups is 3. The Hall–Kier alpha value is -3.70. The molecule has 1 atom stereocenters. The summed E-state index contributed by atoms with van der Waals surface area (Å²) in [4.78, 5) is 38.4. The van der Waals surface area contributed by atoms with Gasteiger partial charge in [-0.15, -0.1) is 0 Å². The number of nitrogens with one attached hydrogen (secondary N) is 2. The molecule has 0 saturated heterocycles. The molecule has 0 aliphatic carbocycles. The second kappa shape index (κ2) is 15.5. The van der Waals surface area contributed by atoms with E-state index in [0.717, 1.165) is 12.5 Å². The van der Waals surface area contributed by atoms with Gasteiger partial charge < -0.3 is 10.2 Å². The molecule has 2 N–H and O–H groups in total. The van der Waals surface area contributed by atoms with Gasteiger partial charge in [-0.1, -0.05) is 67.6 Å². The summed E-state index contributed by atoms with van der Waals surface area (Å²) in [6, 6.07) is 20.0. The molecule has 0 aliphatic heterocycles. The fourth-order valence-corrected chi connectivity index (χ4v) is 5.91. The summed E-state index contributed by atoms with van der Waals surface area (Å²) in [6.45, 7) is 3.80. The van der Waals surface area contributed by atoms with Gasteiger partial charge in [0.2, 0.25) is 17.7 Å². The largest absolute Gasteiger partial charge is 0.355 e. The predicted molar refractivity (Wildman–Crippen MR) is 164 cm³/mol. The van der Waals surface area contributed by atoms with Crippen molar-refractivity contribution in [1.29, 1.82) is 0 Å². The molecule has 8 nitrogen and oxygen atoms in total. The lowest BCUT2D eigenvalue weighted by atomic mass is 10.0. The SMILES string of the molecule is CCCC(=O)N(CCC(=O)NC[C@H](S)Cc1ccccc1F)Cc1ccc(-c2ccccc2S(=O)(=O)NC(C)=O)cc1. The molecule has 0 spiro atoms. The Balaban J connectivity index is 1.63. The van der Waals surface area contributed by atoms with E-state index in [2.05, 4.69) is 17.9 Å². The molecule has 3 aromatic carbocycles. The summed E-state index contributed by atoms with van der Waals surface area (Å²) in [6.07, 6.45) is 1.48. The van der Waals surface area contributed by atoms with E-state index in [1.54, 1.807) is 65.6 Å². The normalized spacial score (nSPS) is 11.9. The number of halogens is 1. The van der Waals surface area contributed by atoms with Crippen molar-refractivity contribution in [1.82, 2.24) is 14.9 Å². The highest BCUT2D eigenvalue weighted by Crippen LogP contribution is 2.28. The van der Waals surface area contributed by atoms with Crippen LogP contribution in [0.15, 0.2) is 77.7 Å². The van der Waals surface area contributed by atoms with Gasteiger partial charge in [-0.3, -0.25) is 14.4 Å². The summed E-state index contributed by atoms with van der Waals surface area (Å²) in [5, 5.41) is 2.55. The molecule has 0 unspecified atom stereocenters. The molecule has 3 rings (SSSR count). The maximum atomic E-state index is 13.9. The van der Waals surface area contributed by atoms with Crippen LogP contribution < -0.4 is 10.0 Å². The first kappa shape index (κ1) is 32.8. The Kier molecular flexibility index (Phi) is 12.1. The highest BCUT2D eigenvalue weighted by atomic mass is 32.2. The zero-order valence-electron chi connectivity index (χ0n) is 23.7. The lowest BCUT2D eigenvalue weighted by Crippen LogP contribution is -2.36. The van der Waals surface area contributed by atoms with Crippen LogP contribution in [0.4, 0.5) is 4.39 Å². The van der Waals surface area contributed by atoms with E-state index >= 15 is 0 Å². The minimum absolute atomic E-state index is 0.0175. The molecule has 0 heterocycles. The molecule has 224 valence electrons. The number of hydrogen-bond donors (Lipinski definition) is 3. The van der Waals surface area contributed by atoms with Crippen molar-refractivity contribution in [3.8, 4) is 11.1 Å². The Labute approximate surface area is 252 Å². The predicted octanol–water partition coefficient (Wildman–Crippen LogP) is 4.49. The quantitative estimate of drug-likeness (QED) is 0.232. The van der Waals surface area contributed by atoms with Gasteiger partial charge in [-0.2, -0.15) is 12.6 Å². The van der Waals surface area contributed by atoms with Gasteiger partial charge in [0.15, 0.2) is 0 Å². The van der Waals surface area contributed by atoms with E-state index in [1.807, 2.05) is 11.6 Å². The number of thiol groups is 1. The summed E-state index contributed by atoms with van der Waals surface area (Å²) in [5.41, 5.74) is 2.41. The average molecular weight is 614 g/mol.